The third-order valence-electron chi connectivity index (χ3n) is 3.89. The molecule has 1 aromatic carbocycles. The van der Waals surface area contributed by atoms with Crippen molar-refractivity contribution in [3.05, 3.63) is 48.0 Å². The molecule has 1 aromatic rings. The molecule has 0 saturated heterocycles. The lowest BCUT2D eigenvalue weighted by Gasteiger charge is -2.13. The average molecular weight is 349 g/mol. The van der Waals surface area contributed by atoms with Crippen molar-refractivity contribution >= 4 is 11.9 Å². The van der Waals surface area contributed by atoms with Crippen molar-refractivity contribution in [1.82, 2.24) is 5.32 Å². The number of hydrogen-bond donors (Lipinski definition) is 2. The van der Waals surface area contributed by atoms with Crippen molar-refractivity contribution in [2.24, 2.45) is 0 Å². The highest BCUT2D eigenvalue weighted by Gasteiger charge is 2.19. The molecule has 25 heavy (non-hydrogen) atoms. The van der Waals surface area contributed by atoms with E-state index in [9.17, 15) is 14.7 Å². The molecule has 0 saturated carbocycles. The Bertz CT molecular complexity index is 514. The molecule has 0 aromatic heterocycles. The molecule has 0 aliphatic rings. The Labute approximate surface area is 150 Å². The van der Waals surface area contributed by atoms with Crippen LogP contribution in [0.25, 0.3) is 0 Å². The molecule has 140 valence electrons. The van der Waals surface area contributed by atoms with Crippen LogP contribution in [-0.2, 0) is 16.0 Å². The topological polar surface area (TPSA) is 97.9 Å². The van der Waals surface area contributed by atoms with Gasteiger partial charge in [-0.3, -0.25) is 4.79 Å². The summed E-state index contributed by atoms with van der Waals surface area (Å²) >= 11 is 0. The Balaban J connectivity index is 0.00000576. The van der Waals surface area contributed by atoms with E-state index in [-0.39, 0.29) is 17.8 Å². The first-order valence-corrected chi connectivity index (χ1v) is 8.87. The highest BCUT2D eigenvalue weighted by atomic mass is 16.4. The number of aliphatic carboxylic acids is 1. The van der Waals surface area contributed by atoms with E-state index in [2.05, 4.69) is 12.2 Å². The molecule has 0 unspecified atom stereocenters. The summed E-state index contributed by atoms with van der Waals surface area (Å²) in [5.41, 5.74) is 0.890. The number of nitrogens with one attached hydrogen (secondary N) is 1. The minimum absolute atomic E-state index is 0. The van der Waals surface area contributed by atoms with Gasteiger partial charge in [0.1, 0.15) is 6.04 Å². The van der Waals surface area contributed by atoms with Gasteiger partial charge in [-0.25, -0.2) is 4.79 Å². The summed E-state index contributed by atoms with van der Waals surface area (Å²) in [7, 11) is 0. The number of carbonyl (C=O) groups excluding carboxylic acids is 1. The third-order valence-corrected chi connectivity index (χ3v) is 3.89. The molecule has 0 spiro atoms. The SMILES string of the molecule is CCCCCCCCC=CC(=O)N[C@@H](Cc1ccccc1)C(=O)O.O. The fourth-order valence-electron chi connectivity index (χ4n) is 2.50. The van der Waals surface area contributed by atoms with Crippen LogP contribution in [0.5, 0.6) is 0 Å². The van der Waals surface area contributed by atoms with Crippen molar-refractivity contribution in [1.29, 1.82) is 0 Å². The molecule has 0 radical (unpaired) electrons. The van der Waals surface area contributed by atoms with Crippen LogP contribution in [0, 0.1) is 0 Å². The van der Waals surface area contributed by atoms with Gasteiger partial charge < -0.3 is 15.9 Å². The molecule has 0 aliphatic carbocycles. The van der Waals surface area contributed by atoms with Crippen molar-refractivity contribution in [3.63, 3.8) is 0 Å². The van der Waals surface area contributed by atoms with Crippen LogP contribution < -0.4 is 5.32 Å². The normalized spacial score (nSPS) is 11.7. The lowest BCUT2D eigenvalue weighted by atomic mass is 10.1. The van der Waals surface area contributed by atoms with Gasteiger partial charge in [-0.05, 0) is 24.5 Å². The van der Waals surface area contributed by atoms with Gasteiger partial charge in [0.15, 0.2) is 0 Å². The molecule has 1 rings (SSSR count). The maximum Gasteiger partial charge on any atom is 0.326 e. The molecule has 0 heterocycles. The second-order valence-electron chi connectivity index (χ2n) is 6.05. The van der Waals surface area contributed by atoms with E-state index in [0.29, 0.717) is 0 Å². The summed E-state index contributed by atoms with van der Waals surface area (Å²) in [5.74, 6) is -1.36. The van der Waals surface area contributed by atoms with Gasteiger partial charge in [-0.1, -0.05) is 75.4 Å². The Kier molecular flexibility index (Phi) is 13.0. The van der Waals surface area contributed by atoms with Crippen LogP contribution in [0.3, 0.4) is 0 Å². The van der Waals surface area contributed by atoms with Gasteiger partial charge in [-0.2, -0.15) is 0 Å². The molecule has 0 bridgehead atoms. The summed E-state index contributed by atoms with van der Waals surface area (Å²) < 4.78 is 0. The number of amides is 1. The maximum absolute atomic E-state index is 11.9. The number of hydrogen-bond acceptors (Lipinski definition) is 2. The second kappa shape index (κ2) is 14.2. The van der Waals surface area contributed by atoms with Crippen LogP contribution in [0.4, 0.5) is 0 Å². The first kappa shape index (κ1) is 22.9. The van der Waals surface area contributed by atoms with Crippen LogP contribution in [0.1, 0.15) is 57.4 Å². The van der Waals surface area contributed by atoms with Crippen LogP contribution in [0.2, 0.25) is 0 Å². The summed E-state index contributed by atoms with van der Waals surface area (Å²) in [4.78, 5) is 23.2. The summed E-state index contributed by atoms with van der Waals surface area (Å²) in [5, 5.41) is 11.8. The Hall–Kier alpha value is -2.14. The molecular formula is C20H31NO4. The van der Waals surface area contributed by atoms with Gasteiger partial charge in [-0.15, -0.1) is 0 Å². The number of unbranched alkanes of at least 4 members (excludes halogenated alkanes) is 6. The first-order chi connectivity index (χ1) is 11.6. The van der Waals surface area contributed by atoms with Gasteiger partial charge in [0.25, 0.3) is 0 Å². The number of allylic oxidation sites excluding steroid dienone is 1. The van der Waals surface area contributed by atoms with Crippen LogP contribution in [0.15, 0.2) is 42.5 Å². The highest BCUT2D eigenvalue weighted by molar-refractivity contribution is 5.91. The zero-order chi connectivity index (χ0) is 17.6. The Morgan fingerprint density at radius 3 is 2.36 bits per heavy atom. The van der Waals surface area contributed by atoms with Crippen molar-refractivity contribution in [2.75, 3.05) is 0 Å². The van der Waals surface area contributed by atoms with E-state index in [1.165, 1.54) is 38.2 Å². The van der Waals surface area contributed by atoms with Crippen LogP contribution in [-0.4, -0.2) is 28.5 Å². The summed E-state index contributed by atoms with van der Waals surface area (Å²) in [6, 6.07) is 8.40. The summed E-state index contributed by atoms with van der Waals surface area (Å²) in [6.07, 6.45) is 11.7. The smallest absolute Gasteiger partial charge is 0.326 e. The Morgan fingerprint density at radius 1 is 1.08 bits per heavy atom. The predicted octanol–water partition coefficient (Wildman–Crippen LogP) is 3.28. The molecule has 0 aliphatic heterocycles. The van der Waals surface area contributed by atoms with Gasteiger partial charge in [0.2, 0.25) is 5.91 Å². The number of carboxylic acids is 1. The predicted molar refractivity (Wildman–Crippen MR) is 100 cm³/mol. The minimum atomic E-state index is -1.02. The number of rotatable bonds is 12. The molecule has 5 nitrogen and oxygen atoms in total. The number of benzene rings is 1. The van der Waals surface area contributed by atoms with E-state index < -0.39 is 12.0 Å². The fraction of sp³-hybridized carbons (Fsp3) is 0.500. The zero-order valence-corrected chi connectivity index (χ0v) is 15.0. The molecular weight excluding hydrogens is 318 g/mol. The monoisotopic (exact) mass is 349 g/mol. The molecule has 1 atom stereocenters. The fourth-order valence-corrected chi connectivity index (χ4v) is 2.50. The van der Waals surface area contributed by atoms with Crippen molar-refractivity contribution in [2.45, 2.75) is 64.3 Å². The average Bonchev–Trinajstić information content (AvgIpc) is 2.57. The van der Waals surface area contributed by atoms with E-state index in [1.54, 1.807) is 0 Å². The molecule has 0 fully saturated rings. The number of carboxylic acid groups (broad SMARTS) is 1. The molecule has 5 heteroatoms. The van der Waals surface area contributed by atoms with Crippen molar-refractivity contribution in [3.8, 4) is 0 Å². The largest absolute Gasteiger partial charge is 0.480 e. The zero-order valence-electron chi connectivity index (χ0n) is 15.0. The molecule has 4 N–H and O–H groups in total. The third kappa shape index (κ3) is 11.1. The quantitative estimate of drug-likeness (QED) is 0.447. The van der Waals surface area contributed by atoms with Crippen LogP contribution >= 0.6 is 0 Å². The van der Waals surface area contributed by atoms with E-state index in [1.807, 2.05) is 36.4 Å². The van der Waals surface area contributed by atoms with Gasteiger partial charge in [0.05, 0.1) is 0 Å². The summed E-state index contributed by atoms with van der Waals surface area (Å²) in [6.45, 7) is 2.20. The first-order valence-electron chi connectivity index (χ1n) is 8.87. The number of carbonyl (C=O) groups is 2. The lowest BCUT2D eigenvalue weighted by Crippen LogP contribution is -2.41. The van der Waals surface area contributed by atoms with E-state index in [4.69, 9.17) is 0 Å². The Morgan fingerprint density at radius 2 is 1.72 bits per heavy atom. The maximum atomic E-state index is 11.9. The van der Waals surface area contributed by atoms with Gasteiger partial charge >= 0.3 is 5.97 Å². The van der Waals surface area contributed by atoms with E-state index >= 15 is 0 Å². The van der Waals surface area contributed by atoms with Crippen molar-refractivity contribution < 1.29 is 20.2 Å². The lowest BCUT2D eigenvalue weighted by molar-refractivity contribution is -0.141. The minimum Gasteiger partial charge on any atom is -0.480 e. The van der Waals surface area contributed by atoms with E-state index in [0.717, 1.165) is 18.4 Å². The highest BCUT2D eigenvalue weighted by Crippen LogP contribution is 2.07. The molecule has 1 amide bonds. The second-order valence-corrected chi connectivity index (χ2v) is 6.05. The van der Waals surface area contributed by atoms with Gasteiger partial charge in [0, 0.05) is 6.42 Å². The standard InChI is InChI=1S/C20H29NO3.H2O/c1-2-3-4-5-6-7-8-12-15-19(22)21-18(20(23)24)16-17-13-10-9-11-14-17;/h9-15,18H,2-8,16H2,1H3,(H,21,22)(H,23,24);1H2/t18-;/m0./s1.